The van der Waals surface area contributed by atoms with Gasteiger partial charge in [-0.1, -0.05) is 60.7 Å². The van der Waals surface area contributed by atoms with Crippen molar-refractivity contribution in [2.75, 3.05) is 26.2 Å². The maximum Gasteiger partial charge on any atom is 0.306 e. The van der Waals surface area contributed by atoms with Gasteiger partial charge in [0.25, 0.3) is 0 Å². The highest BCUT2D eigenvalue weighted by Crippen LogP contribution is 2.61. The van der Waals surface area contributed by atoms with Crippen molar-refractivity contribution in [3.63, 3.8) is 0 Å². The molecule has 4 bridgehead atoms. The van der Waals surface area contributed by atoms with Crippen LogP contribution in [0.4, 0.5) is 0 Å². The average Bonchev–Trinajstić information content (AvgIpc) is 2.98. The van der Waals surface area contributed by atoms with Crippen molar-refractivity contribution in [2.24, 2.45) is 23.2 Å². The first-order valence-electron chi connectivity index (χ1n) is 16.0. The van der Waals surface area contributed by atoms with Crippen LogP contribution in [0.25, 0.3) is 0 Å². The van der Waals surface area contributed by atoms with Crippen LogP contribution < -0.4 is 5.32 Å². The van der Waals surface area contributed by atoms with Gasteiger partial charge in [0.05, 0.1) is 0 Å². The Bertz CT molecular complexity index is 1190. The Labute approximate surface area is 250 Å². The molecule has 7 heteroatoms. The molecule has 2 amide bonds. The second-order valence-corrected chi connectivity index (χ2v) is 13.5. The summed E-state index contributed by atoms with van der Waals surface area (Å²) in [6, 6.07) is 19.3. The summed E-state index contributed by atoms with van der Waals surface area (Å²) in [5, 5.41) is 3.12. The number of carbonyl (C=O) groups excluding carboxylic acids is 3. The van der Waals surface area contributed by atoms with Gasteiger partial charge in [-0.05, 0) is 79.2 Å². The summed E-state index contributed by atoms with van der Waals surface area (Å²) in [6.45, 7) is 3.87. The number of rotatable bonds is 11. The quantitative estimate of drug-likeness (QED) is 0.387. The molecule has 4 saturated carbocycles. The summed E-state index contributed by atoms with van der Waals surface area (Å²) in [5.74, 6) is 1.86. The minimum absolute atomic E-state index is 0.0318. The van der Waals surface area contributed by atoms with Crippen LogP contribution >= 0.6 is 0 Å². The van der Waals surface area contributed by atoms with Gasteiger partial charge in [0.1, 0.15) is 12.6 Å². The van der Waals surface area contributed by atoms with Crippen LogP contribution in [-0.4, -0.2) is 59.8 Å². The Morgan fingerprint density at radius 3 is 1.98 bits per heavy atom. The van der Waals surface area contributed by atoms with E-state index in [1.807, 2.05) is 41.3 Å². The molecule has 5 fully saturated rings. The van der Waals surface area contributed by atoms with Crippen molar-refractivity contribution in [1.29, 1.82) is 0 Å². The molecule has 1 heterocycles. The van der Waals surface area contributed by atoms with Gasteiger partial charge in [-0.2, -0.15) is 0 Å². The van der Waals surface area contributed by atoms with Crippen molar-refractivity contribution in [3.8, 4) is 0 Å². The molecular weight excluding hydrogens is 526 g/mol. The molecular formula is C35H45N3O4. The SMILES string of the molecule is O=C(CC12CC3CC(CC(C3)C1)C2)N[C@@H](CCC(=O)OCc1ccccc1)C(=O)N1CCN(Cc2ccccc2)CC1. The number of hydrogen-bond donors (Lipinski definition) is 1. The first-order valence-corrected chi connectivity index (χ1v) is 16.0. The zero-order valence-electron chi connectivity index (χ0n) is 24.7. The molecule has 7 nitrogen and oxygen atoms in total. The molecule has 2 aromatic carbocycles. The number of piperazine rings is 1. The second-order valence-electron chi connectivity index (χ2n) is 13.5. The van der Waals surface area contributed by atoms with Gasteiger partial charge in [0.2, 0.25) is 11.8 Å². The van der Waals surface area contributed by atoms with Gasteiger partial charge >= 0.3 is 5.97 Å². The minimum atomic E-state index is -0.712. The number of hydrogen-bond acceptors (Lipinski definition) is 5. The van der Waals surface area contributed by atoms with E-state index in [1.54, 1.807) is 0 Å². The number of ether oxygens (including phenoxy) is 1. The lowest BCUT2D eigenvalue weighted by atomic mass is 9.49. The van der Waals surface area contributed by atoms with Gasteiger partial charge in [0, 0.05) is 45.6 Å². The molecule has 1 aliphatic heterocycles. The van der Waals surface area contributed by atoms with Crippen LogP contribution in [-0.2, 0) is 32.3 Å². The highest BCUT2D eigenvalue weighted by molar-refractivity contribution is 5.88. The highest BCUT2D eigenvalue weighted by Gasteiger charge is 2.51. The van der Waals surface area contributed by atoms with E-state index >= 15 is 0 Å². The van der Waals surface area contributed by atoms with Gasteiger partial charge in [0.15, 0.2) is 0 Å². The van der Waals surface area contributed by atoms with Crippen molar-refractivity contribution >= 4 is 17.8 Å². The molecule has 2 aromatic rings. The van der Waals surface area contributed by atoms with Gasteiger partial charge < -0.3 is 15.0 Å². The van der Waals surface area contributed by atoms with Gasteiger partial charge in [-0.25, -0.2) is 0 Å². The number of carbonyl (C=O) groups is 3. The Balaban J connectivity index is 1.06. The van der Waals surface area contributed by atoms with Crippen molar-refractivity contribution in [1.82, 2.24) is 15.1 Å². The van der Waals surface area contributed by atoms with E-state index in [0.717, 1.165) is 62.2 Å². The third-order valence-electron chi connectivity index (χ3n) is 10.1. The maximum atomic E-state index is 13.8. The summed E-state index contributed by atoms with van der Waals surface area (Å²) in [4.78, 5) is 44.2. The lowest BCUT2D eigenvalue weighted by Gasteiger charge is -2.56. The standard InChI is InChI=1S/C35H45N3O4/c39-32(23-35-20-28-17-29(21-35)19-30(18-28)22-35)36-31(11-12-33(40)42-25-27-9-5-2-6-10-27)34(41)38-15-13-37(14-16-38)24-26-7-3-1-4-8-26/h1-10,28-31H,11-25H2,(H,36,39)/t28?,29?,30?,31-,35?/m0/s1. The summed E-state index contributed by atoms with van der Waals surface area (Å²) in [7, 11) is 0. The van der Waals surface area contributed by atoms with E-state index < -0.39 is 6.04 Å². The molecule has 1 N–H and O–H groups in total. The largest absolute Gasteiger partial charge is 0.461 e. The van der Waals surface area contributed by atoms with E-state index in [9.17, 15) is 14.4 Å². The summed E-state index contributed by atoms with van der Waals surface area (Å²) in [6.07, 6.45) is 8.32. The van der Waals surface area contributed by atoms with Crippen LogP contribution in [0.15, 0.2) is 60.7 Å². The number of amides is 2. The molecule has 0 aromatic heterocycles. The number of esters is 1. The fourth-order valence-corrected chi connectivity index (χ4v) is 8.61. The molecule has 1 atom stereocenters. The predicted octanol–water partition coefficient (Wildman–Crippen LogP) is 4.95. The number of nitrogens with one attached hydrogen (secondary N) is 1. The Kier molecular flexibility index (Phi) is 8.94. The fraction of sp³-hybridized carbons (Fsp3) is 0.571. The predicted molar refractivity (Wildman–Crippen MR) is 161 cm³/mol. The van der Waals surface area contributed by atoms with Crippen molar-refractivity contribution < 1.29 is 19.1 Å². The van der Waals surface area contributed by atoms with E-state index in [-0.39, 0.29) is 42.6 Å². The zero-order valence-corrected chi connectivity index (χ0v) is 24.7. The smallest absolute Gasteiger partial charge is 0.306 e. The fourth-order valence-electron chi connectivity index (χ4n) is 8.61. The molecule has 4 aliphatic carbocycles. The normalized spacial score (nSPS) is 27.4. The van der Waals surface area contributed by atoms with Crippen molar-refractivity contribution in [2.45, 2.75) is 77.0 Å². The summed E-state index contributed by atoms with van der Waals surface area (Å²) < 4.78 is 5.49. The molecule has 42 heavy (non-hydrogen) atoms. The van der Waals surface area contributed by atoms with Crippen LogP contribution in [0.3, 0.4) is 0 Å². The van der Waals surface area contributed by atoms with Gasteiger partial charge in [-0.15, -0.1) is 0 Å². The Morgan fingerprint density at radius 1 is 0.810 bits per heavy atom. The second kappa shape index (κ2) is 13.0. The van der Waals surface area contributed by atoms with E-state index in [2.05, 4.69) is 34.5 Å². The monoisotopic (exact) mass is 571 g/mol. The van der Waals surface area contributed by atoms with Crippen LogP contribution in [0, 0.1) is 23.2 Å². The van der Waals surface area contributed by atoms with E-state index in [1.165, 1.54) is 24.8 Å². The first kappa shape index (κ1) is 28.9. The van der Waals surface area contributed by atoms with Crippen molar-refractivity contribution in [3.05, 3.63) is 71.8 Å². The average molecular weight is 572 g/mol. The lowest BCUT2D eigenvalue weighted by molar-refractivity contribution is -0.146. The zero-order chi connectivity index (χ0) is 28.9. The topological polar surface area (TPSA) is 78.9 Å². The first-order chi connectivity index (χ1) is 20.4. The van der Waals surface area contributed by atoms with Crippen LogP contribution in [0.1, 0.15) is 68.9 Å². The Hall–Kier alpha value is -3.19. The molecule has 5 aliphatic rings. The third-order valence-corrected chi connectivity index (χ3v) is 10.1. The van der Waals surface area contributed by atoms with E-state index in [4.69, 9.17) is 4.74 Å². The molecule has 0 radical (unpaired) electrons. The Morgan fingerprint density at radius 2 is 1.38 bits per heavy atom. The third kappa shape index (κ3) is 7.23. The number of nitrogens with zero attached hydrogens (tertiary/aromatic N) is 2. The lowest BCUT2D eigenvalue weighted by Crippen LogP contribution is -2.55. The molecule has 7 rings (SSSR count). The summed E-state index contributed by atoms with van der Waals surface area (Å²) in [5.41, 5.74) is 2.29. The molecule has 0 spiro atoms. The highest BCUT2D eigenvalue weighted by atomic mass is 16.5. The molecule has 224 valence electrons. The summed E-state index contributed by atoms with van der Waals surface area (Å²) >= 11 is 0. The van der Waals surface area contributed by atoms with Gasteiger partial charge in [-0.3, -0.25) is 19.3 Å². The molecule has 0 unspecified atom stereocenters. The maximum absolute atomic E-state index is 13.8. The van der Waals surface area contributed by atoms with Crippen LogP contribution in [0.5, 0.6) is 0 Å². The number of benzene rings is 2. The minimum Gasteiger partial charge on any atom is -0.461 e. The van der Waals surface area contributed by atoms with Crippen LogP contribution in [0.2, 0.25) is 0 Å². The van der Waals surface area contributed by atoms with E-state index in [0.29, 0.717) is 19.5 Å². The molecule has 1 saturated heterocycles.